The van der Waals surface area contributed by atoms with Crippen LogP contribution in [0.25, 0.3) is 0 Å². The number of carbonyl (C=O) groups excluding carboxylic acids is 1. The van der Waals surface area contributed by atoms with Crippen LogP contribution < -0.4 is 10.6 Å². The fraction of sp³-hybridized carbons (Fsp3) is 0.882. The zero-order valence-electron chi connectivity index (χ0n) is 16.3. The van der Waals surface area contributed by atoms with Crippen molar-refractivity contribution < 1.29 is 17.9 Å². The Hall–Kier alpha value is -1.00. The molecular weight excluding hydrogens is 388 g/mol. The summed E-state index contributed by atoms with van der Waals surface area (Å²) in [4.78, 5) is 16.0. The van der Waals surface area contributed by atoms with Crippen LogP contribution in [0.5, 0.6) is 0 Å². The number of guanidine groups is 1. The molecule has 2 N–H and O–H groups in total. The van der Waals surface area contributed by atoms with E-state index in [-0.39, 0.29) is 23.7 Å². The van der Waals surface area contributed by atoms with Gasteiger partial charge in [0.1, 0.15) is 0 Å². The van der Waals surface area contributed by atoms with Gasteiger partial charge in [0.2, 0.25) is 10.0 Å². The standard InChI is InChI=1S/C17H32N4O4S2/c1-3-25-16(22)14-4-6-15(7-5-14)20-17(18-2)19-8-13-27(23,24)21-9-11-26-12-10-21/h14-15H,3-13H2,1-2H3,(H2,18,19,20). The molecule has 1 saturated carbocycles. The molecule has 1 saturated heterocycles. The summed E-state index contributed by atoms with van der Waals surface area (Å²) >= 11 is 1.79. The average Bonchev–Trinajstić information content (AvgIpc) is 2.68. The second-order valence-corrected chi connectivity index (χ2v) is 10.1. The van der Waals surface area contributed by atoms with E-state index in [1.807, 2.05) is 6.92 Å². The van der Waals surface area contributed by atoms with E-state index in [4.69, 9.17) is 4.74 Å². The molecule has 1 heterocycles. The van der Waals surface area contributed by atoms with Crippen LogP contribution >= 0.6 is 11.8 Å². The molecule has 1 aliphatic heterocycles. The van der Waals surface area contributed by atoms with E-state index in [0.29, 0.717) is 32.2 Å². The van der Waals surface area contributed by atoms with Crippen molar-refractivity contribution in [2.45, 2.75) is 38.6 Å². The van der Waals surface area contributed by atoms with Gasteiger partial charge in [-0.05, 0) is 32.6 Å². The van der Waals surface area contributed by atoms with E-state index >= 15 is 0 Å². The first-order valence-corrected chi connectivity index (χ1v) is 12.4. The molecule has 0 unspecified atom stereocenters. The van der Waals surface area contributed by atoms with Gasteiger partial charge in [0.15, 0.2) is 5.96 Å². The van der Waals surface area contributed by atoms with E-state index in [1.165, 1.54) is 0 Å². The Bertz CT molecular complexity index is 598. The third kappa shape index (κ3) is 7.15. The number of carbonyl (C=O) groups is 1. The van der Waals surface area contributed by atoms with Gasteiger partial charge in [0.05, 0.1) is 18.3 Å². The van der Waals surface area contributed by atoms with Gasteiger partial charge in [-0.3, -0.25) is 9.79 Å². The zero-order valence-corrected chi connectivity index (χ0v) is 17.9. The first kappa shape index (κ1) is 22.3. The molecule has 8 nitrogen and oxygen atoms in total. The van der Waals surface area contributed by atoms with Crippen molar-refractivity contribution in [2.75, 3.05) is 50.5 Å². The van der Waals surface area contributed by atoms with Gasteiger partial charge >= 0.3 is 5.97 Å². The van der Waals surface area contributed by atoms with E-state index < -0.39 is 10.0 Å². The number of nitrogens with one attached hydrogen (secondary N) is 2. The Morgan fingerprint density at radius 1 is 1.22 bits per heavy atom. The Balaban J connectivity index is 1.71. The van der Waals surface area contributed by atoms with Crippen LogP contribution in [0.1, 0.15) is 32.6 Å². The number of hydrogen-bond donors (Lipinski definition) is 2. The maximum absolute atomic E-state index is 12.4. The lowest BCUT2D eigenvalue weighted by Gasteiger charge is -2.29. The van der Waals surface area contributed by atoms with Gasteiger partial charge in [0, 0.05) is 44.2 Å². The highest BCUT2D eigenvalue weighted by Gasteiger charge is 2.28. The van der Waals surface area contributed by atoms with Crippen LogP contribution in [-0.4, -0.2) is 81.2 Å². The summed E-state index contributed by atoms with van der Waals surface area (Å²) in [7, 11) is -1.54. The predicted molar refractivity (Wildman–Crippen MR) is 110 cm³/mol. The van der Waals surface area contributed by atoms with Gasteiger partial charge in [-0.1, -0.05) is 0 Å². The first-order valence-electron chi connectivity index (χ1n) is 9.65. The highest BCUT2D eigenvalue weighted by atomic mass is 32.2. The van der Waals surface area contributed by atoms with Crippen molar-refractivity contribution in [1.82, 2.24) is 14.9 Å². The van der Waals surface area contributed by atoms with E-state index in [0.717, 1.165) is 37.2 Å². The molecule has 2 aliphatic rings. The number of sulfonamides is 1. The monoisotopic (exact) mass is 420 g/mol. The maximum atomic E-state index is 12.4. The second-order valence-electron chi connectivity index (χ2n) is 6.77. The molecular formula is C17H32N4O4S2. The number of thioether (sulfide) groups is 1. The van der Waals surface area contributed by atoms with Crippen LogP contribution in [0.15, 0.2) is 4.99 Å². The normalized spacial score (nSPS) is 25.0. The molecule has 0 spiro atoms. The third-order valence-electron chi connectivity index (χ3n) is 4.93. The highest BCUT2D eigenvalue weighted by molar-refractivity contribution is 7.99. The number of hydrogen-bond acceptors (Lipinski definition) is 6. The first-order chi connectivity index (χ1) is 13.0. The summed E-state index contributed by atoms with van der Waals surface area (Å²) in [5.41, 5.74) is 0. The molecule has 0 bridgehead atoms. The van der Waals surface area contributed by atoms with Crippen LogP contribution in [0.4, 0.5) is 0 Å². The number of aliphatic imine (C=N–C) groups is 1. The van der Waals surface area contributed by atoms with Gasteiger partial charge < -0.3 is 15.4 Å². The predicted octanol–water partition coefficient (Wildman–Crippen LogP) is 0.652. The Labute approximate surface area is 166 Å². The fourth-order valence-electron chi connectivity index (χ4n) is 3.37. The van der Waals surface area contributed by atoms with Gasteiger partial charge in [-0.15, -0.1) is 0 Å². The van der Waals surface area contributed by atoms with Crippen molar-refractivity contribution in [3.8, 4) is 0 Å². The average molecular weight is 421 g/mol. The second kappa shape index (κ2) is 11.1. The van der Waals surface area contributed by atoms with Crippen LogP contribution in [0, 0.1) is 5.92 Å². The molecule has 2 rings (SSSR count). The molecule has 0 atom stereocenters. The Morgan fingerprint density at radius 3 is 2.48 bits per heavy atom. The topological polar surface area (TPSA) is 100 Å². The van der Waals surface area contributed by atoms with Crippen molar-refractivity contribution >= 4 is 33.7 Å². The molecule has 10 heteroatoms. The van der Waals surface area contributed by atoms with Crippen LogP contribution in [0.2, 0.25) is 0 Å². The minimum Gasteiger partial charge on any atom is -0.466 e. The van der Waals surface area contributed by atoms with E-state index in [2.05, 4.69) is 15.6 Å². The lowest BCUT2D eigenvalue weighted by atomic mass is 9.86. The summed E-state index contributed by atoms with van der Waals surface area (Å²) < 4.78 is 31.4. The summed E-state index contributed by atoms with van der Waals surface area (Å²) in [6.07, 6.45) is 3.34. The Kier molecular flexibility index (Phi) is 9.17. The van der Waals surface area contributed by atoms with Gasteiger partial charge in [0.25, 0.3) is 0 Å². The number of ether oxygens (including phenoxy) is 1. The minimum absolute atomic E-state index is 0.00850. The third-order valence-corrected chi connectivity index (χ3v) is 7.74. The molecule has 0 radical (unpaired) electrons. The highest BCUT2D eigenvalue weighted by Crippen LogP contribution is 2.25. The molecule has 156 valence electrons. The van der Waals surface area contributed by atoms with Crippen molar-refractivity contribution in [3.63, 3.8) is 0 Å². The lowest BCUT2D eigenvalue weighted by Crippen LogP contribution is -2.47. The maximum Gasteiger partial charge on any atom is 0.308 e. The van der Waals surface area contributed by atoms with Crippen molar-refractivity contribution in [3.05, 3.63) is 0 Å². The van der Waals surface area contributed by atoms with Crippen LogP contribution in [-0.2, 0) is 19.6 Å². The SMILES string of the molecule is CCOC(=O)C1CCC(NC(=NC)NCCS(=O)(=O)N2CCSCC2)CC1. The molecule has 0 aromatic heterocycles. The lowest BCUT2D eigenvalue weighted by molar-refractivity contribution is -0.149. The number of nitrogens with zero attached hydrogens (tertiary/aromatic N) is 2. The molecule has 2 fully saturated rings. The smallest absolute Gasteiger partial charge is 0.308 e. The van der Waals surface area contributed by atoms with E-state index in [1.54, 1.807) is 23.1 Å². The minimum atomic E-state index is -3.22. The summed E-state index contributed by atoms with van der Waals surface area (Å²) in [5, 5.41) is 6.44. The Morgan fingerprint density at radius 2 is 1.89 bits per heavy atom. The molecule has 27 heavy (non-hydrogen) atoms. The molecule has 1 aliphatic carbocycles. The fourth-order valence-corrected chi connectivity index (χ4v) is 5.87. The molecule has 0 aromatic rings. The van der Waals surface area contributed by atoms with Gasteiger partial charge in [-0.25, -0.2) is 12.7 Å². The van der Waals surface area contributed by atoms with Crippen LogP contribution in [0.3, 0.4) is 0 Å². The molecule has 0 amide bonds. The summed E-state index contributed by atoms with van der Waals surface area (Å²) in [6, 6.07) is 0.234. The molecule has 0 aromatic carbocycles. The van der Waals surface area contributed by atoms with Crippen molar-refractivity contribution in [1.29, 1.82) is 0 Å². The summed E-state index contributed by atoms with van der Waals surface area (Å²) in [5.74, 6) is 2.30. The largest absolute Gasteiger partial charge is 0.466 e. The summed E-state index contributed by atoms with van der Waals surface area (Å²) in [6.45, 7) is 3.77. The zero-order chi connectivity index (χ0) is 19.7. The number of rotatable bonds is 7. The van der Waals surface area contributed by atoms with E-state index in [9.17, 15) is 13.2 Å². The van der Waals surface area contributed by atoms with Crippen molar-refractivity contribution in [2.24, 2.45) is 10.9 Å². The van der Waals surface area contributed by atoms with Gasteiger partial charge in [-0.2, -0.15) is 11.8 Å². The quantitative estimate of drug-likeness (QED) is 0.354. The number of esters is 1.